The topological polar surface area (TPSA) is 17.1 Å². The highest BCUT2D eigenvalue weighted by atomic mass is 35.5. The van der Waals surface area contributed by atoms with Crippen LogP contribution in [0.2, 0.25) is 5.02 Å². The Bertz CT molecular complexity index is 363. The molecule has 3 heteroatoms. The van der Waals surface area contributed by atoms with Crippen LogP contribution in [0.3, 0.4) is 0 Å². The van der Waals surface area contributed by atoms with E-state index in [2.05, 4.69) is 11.8 Å². The number of carbonyl (C=O) groups excluding carboxylic acids is 1. The average molecular weight is 183 g/mol. The first-order valence-corrected chi connectivity index (χ1v) is 3.52. The van der Waals surface area contributed by atoms with E-state index in [4.69, 9.17) is 11.6 Å². The van der Waals surface area contributed by atoms with E-state index in [9.17, 15) is 9.18 Å². The first kappa shape index (κ1) is 8.76. The quantitative estimate of drug-likeness (QED) is 0.443. The van der Waals surface area contributed by atoms with Crippen molar-refractivity contribution in [1.82, 2.24) is 0 Å². The fraction of sp³-hybridized carbons (Fsp3) is 0. The number of hydrogen-bond acceptors (Lipinski definition) is 1. The van der Waals surface area contributed by atoms with E-state index >= 15 is 0 Å². The van der Waals surface area contributed by atoms with Crippen molar-refractivity contribution in [2.75, 3.05) is 0 Å². The Kier molecular flexibility index (Phi) is 2.84. The minimum Gasteiger partial charge on any atom is -0.289 e. The van der Waals surface area contributed by atoms with Crippen molar-refractivity contribution in [2.45, 2.75) is 0 Å². The molecule has 0 saturated carbocycles. The highest BCUT2D eigenvalue weighted by molar-refractivity contribution is 6.30. The first-order valence-electron chi connectivity index (χ1n) is 3.14. The lowest BCUT2D eigenvalue weighted by atomic mass is 10.2. The van der Waals surface area contributed by atoms with Gasteiger partial charge in [0.2, 0.25) is 0 Å². The number of rotatable bonds is 0. The normalized spacial score (nSPS) is 8.50. The zero-order chi connectivity index (χ0) is 8.97. The van der Waals surface area contributed by atoms with Gasteiger partial charge in [0.15, 0.2) is 6.29 Å². The molecule has 1 nitrogen and oxygen atoms in total. The molecule has 0 aliphatic carbocycles. The van der Waals surface area contributed by atoms with Crippen molar-refractivity contribution in [3.05, 3.63) is 34.6 Å². The van der Waals surface area contributed by atoms with Gasteiger partial charge in [-0.3, -0.25) is 4.79 Å². The summed E-state index contributed by atoms with van der Waals surface area (Å²) in [6, 6.07) is 4.09. The van der Waals surface area contributed by atoms with Crippen LogP contribution in [0.1, 0.15) is 5.56 Å². The van der Waals surface area contributed by atoms with Gasteiger partial charge in [0.05, 0.1) is 5.56 Å². The molecule has 0 radical (unpaired) electrons. The summed E-state index contributed by atoms with van der Waals surface area (Å²) in [7, 11) is 0. The molecule has 0 amide bonds. The lowest BCUT2D eigenvalue weighted by Crippen LogP contribution is -1.82. The van der Waals surface area contributed by atoms with Crippen LogP contribution >= 0.6 is 11.6 Å². The van der Waals surface area contributed by atoms with Crippen LogP contribution < -0.4 is 0 Å². The molecule has 1 aromatic rings. The third kappa shape index (κ3) is 2.08. The van der Waals surface area contributed by atoms with Crippen LogP contribution in [0.5, 0.6) is 0 Å². The molecular weight excluding hydrogens is 179 g/mol. The van der Waals surface area contributed by atoms with E-state index in [1.54, 1.807) is 0 Å². The van der Waals surface area contributed by atoms with Crippen LogP contribution in [-0.2, 0) is 4.79 Å². The van der Waals surface area contributed by atoms with Gasteiger partial charge in [0.1, 0.15) is 5.82 Å². The second kappa shape index (κ2) is 3.89. The molecule has 0 aliphatic rings. The largest absolute Gasteiger partial charge is 0.289 e. The molecule has 0 saturated heterocycles. The van der Waals surface area contributed by atoms with E-state index in [-0.39, 0.29) is 5.56 Å². The van der Waals surface area contributed by atoms with Crippen LogP contribution in [0.4, 0.5) is 4.39 Å². The van der Waals surface area contributed by atoms with E-state index in [1.165, 1.54) is 12.1 Å². The lowest BCUT2D eigenvalue weighted by molar-refractivity contribution is -0.103. The summed E-state index contributed by atoms with van der Waals surface area (Å²) in [4.78, 5) is 9.83. The Morgan fingerprint density at radius 2 is 2.25 bits per heavy atom. The number of halogens is 2. The Balaban J connectivity index is 3.09. The number of hydrogen-bond donors (Lipinski definition) is 0. The summed E-state index contributed by atoms with van der Waals surface area (Å²) in [6.45, 7) is 0. The number of aldehydes is 1. The van der Waals surface area contributed by atoms with Crippen LogP contribution in [0.15, 0.2) is 18.2 Å². The van der Waals surface area contributed by atoms with Gasteiger partial charge in [-0.15, -0.1) is 0 Å². The van der Waals surface area contributed by atoms with Gasteiger partial charge >= 0.3 is 0 Å². The Labute approximate surface area is 74.2 Å². The molecule has 1 rings (SSSR count). The minimum absolute atomic E-state index is 0.173. The van der Waals surface area contributed by atoms with Gasteiger partial charge in [-0.1, -0.05) is 17.5 Å². The summed E-state index contributed by atoms with van der Waals surface area (Å²) in [5.74, 6) is 3.93. The summed E-state index contributed by atoms with van der Waals surface area (Å²) in [5, 5.41) is 0.309. The monoisotopic (exact) mass is 182 g/mol. The smallest absolute Gasteiger partial charge is 0.193 e. The minimum atomic E-state index is -0.517. The van der Waals surface area contributed by atoms with Crippen molar-refractivity contribution in [3.8, 4) is 11.8 Å². The molecule has 60 valence electrons. The molecule has 1 aromatic carbocycles. The first-order chi connectivity index (χ1) is 5.74. The Morgan fingerprint density at radius 1 is 1.50 bits per heavy atom. The van der Waals surface area contributed by atoms with Gasteiger partial charge < -0.3 is 0 Å². The molecule has 0 heterocycles. The zero-order valence-electron chi connectivity index (χ0n) is 5.97. The SMILES string of the molecule is O=CC#Cc1ccc(Cl)cc1F. The number of carbonyl (C=O) groups is 1. The standard InChI is InChI=1S/C9H4ClFO/c10-8-4-3-7(2-1-5-12)9(11)6-8/h3-6H. The van der Waals surface area contributed by atoms with Gasteiger partial charge in [-0.05, 0) is 24.1 Å². The second-order valence-corrected chi connectivity index (χ2v) is 2.45. The van der Waals surface area contributed by atoms with Gasteiger partial charge in [0.25, 0.3) is 0 Å². The second-order valence-electron chi connectivity index (χ2n) is 2.01. The van der Waals surface area contributed by atoms with Crippen molar-refractivity contribution in [2.24, 2.45) is 0 Å². The van der Waals surface area contributed by atoms with Gasteiger partial charge in [0, 0.05) is 5.02 Å². The fourth-order valence-electron chi connectivity index (χ4n) is 0.698. The molecule has 0 unspecified atom stereocenters. The highest BCUT2D eigenvalue weighted by Gasteiger charge is 1.98. The van der Waals surface area contributed by atoms with Crippen molar-refractivity contribution >= 4 is 17.9 Å². The molecule has 0 aliphatic heterocycles. The van der Waals surface area contributed by atoms with Crippen LogP contribution in [0, 0.1) is 17.7 Å². The molecule has 0 atom stereocenters. The predicted octanol–water partition coefficient (Wildman–Crippen LogP) is 2.03. The van der Waals surface area contributed by atoms with Crippen LogP contribution in [0.25, 0.3) is 0 Å². The van der Waals surface area contributed by atoms with E-state index in [1.807, 2.05) is 0 Å². The van der Waals surface area contributed by atoms with E-state index < -0.39 is 5.82 Å². The zero-order valence-corrected chi connectivity index (χ0v) is 6.73. The van der Waals surface area contributed by atoms with Crippen molar-refractivity contribution in [3.63, 3.8) is 0 Å². The van der Waals surface area contributed by atoms with Crippen molar-refractivity contribution in [1.29, 1.82) is 0 Å². The van der Waals surface area contributed by atoms with E-state index in [0.717, 1.165) is 6.07 Å². The maximum absolute atomic E-state index is 12.9. The molecule has 0 bridgehead atoms. The molecule has 0 aromatic heterocycles. The molecule has 0 spiro atoms. The van der Waals surface area contributed by atoms with Crippen molar-refractivity contribution < 1.29 is 9.18 Å². The Hall–Kier alpha value is -1.33. The third-order valence-electron chi connectivity index (χ3n) is 1.20. The maximum atomic E-state index is 12.9. The van der Waals surface area contributed by atoms with E-state index in [0.29, 0.717) is 11.3 Å². The molecule has 0 fully saturated rings. The summed E-state index contributed by atoms with van der Waals surface area (Å²) < 4.78 is 12.9. The maximum Gasteiger partial charge on any atom is 0.193 e. The summed E-state index contributed by atoms with van der Waals surface area (Å²) >= 11 is 5.49. The lowest BCUT2D eigenvalue weighted by Gasteiger charge is -1.93. The fourth-order valence-corrected chi connectivity index (χ4v) is 0.857. The van der Waals surface area contributed by atoms with Gasteiger partial charge in [-0.2, -0.15) is 0 Å². The number of benzene rings is 1. The molecule has 0 N–H and O–H groups in total. The summed E-state index contributed by atoms with van der Waals surface area (Å²) in [5.41, 5.74) is 0.173. The third-order valence-corrected chi connectivity index (χ3v) is 1.43. The summed E-state index contributed by atoms with van der Waals surface area (Å²) in [6.07, 6.45) is 0.411. The molecule has 12 heavy (non-hydrogen) atoms. The average Bonchev–Trinajstić information content (AvgIpc) is 2.03. The van der Waals surface area contributed by atoms with Crippen LogP contribution in [-0.4, -0.2) is 6.29 Å². The highest BCUT2D eigenvalue weighted by Crippen LogP contribution is 2.13. The Morgan fingerprint density at radius 3 is 2.83 bits per heavy atom. The van der Waals surface area contributed by atoms with Gasteiger partial charge in [-0.25, -0.2) is 4.39 Å². The predicted molar refractivity (Wildman–Crippen MR) is 44.4 cm³/mol. The molecular formula is C9H4ClFO.